The third-order valence-corrected chi connectivity index (χ3v) is 4.71. The minimum atomic E-state index is -0.453. The van der Waals surface area contributed by atoms with Gasteiger partial charge in [-0.05, 0) is 72.3 Å². The lowest BCUT2D eigenvalue weighted by atomic mass is 10.1. The first-order chi connectivity index (χ1) is 15.0. The third-order valence-electron chi connectivity index (χ3n) is 4.71. The van der Waals surface area contributed by atoms with E-state index in [1.54, 1.807) is 54.6 Å². The van der Waals surface area contributed by atoms with Gasteiger partial charge in [-0.25, -0.2) is 14.2 Å². The summed E-state index contributed by atoms with van der Waals surface area (Å²) in [6, 6.07) is 18.4. The number of amides is 1. The summed E-state index contributed by atoms with van der Waals surface area (Å²) in [6.07, 6.45) is 1.60. The molecule has 0 unspecified atom stereocenters. The number of carbonyl (C=O) groups excluding carboxylic acids is 2. The van der Waals surface area contributed by atoms with Crippen molar-refractivity contribution in [2.75, 3.05) is 12.0 Å². The van der Waals surface area contributed by atoms with Crippen LogP contribution in [0.15, 0.2) is 83.5 Å². The zero-order valence-corrected chi connectivity index (χ0v) is 16.4. The highest BCUT2D eigenvalue weighted by Crippen LogP contribution is 2.29. The Morgan fingerprint density at radius 3 is 2.26 bits per heavy atom. The number of esters is 1. The molecule has 7 heteroatoms. The SMILES string of the molecule is COC(=O)c1ccc(/C=C2/N=C(c3ccc(F)cc3)N(c3ccc(O)cc3)C2=O)cc1. The van der Waals surface area contributed by atoms with Gasteiger partial charge in [-0.3, -0.25) is 9.69 Å². The van der Waals surface area contributed by atoms with Crippen molar-refractivity contribution in [3.05, 3.63) is 101 Å². The number of halogens is 1. The van der Waals surface area contributed by atoms with Crippen LogP contribution in [0, 0.1) is 5.82 Å². The molecule has 3 aromatic carbocycles. The average Bonchev–Trinajstić information content (AvgIpc) is 3.10. The van der Waals surface area contributed by atoms with Gasteiger partial charge in [-0.2, -0.15) is 0 Å². The molecule has 1 aliphatic rings. The fourth-order valence-corrected chi connectivity index (χ4v) is 3.14. The highest BCUT2D eigenvalue weighted by molar-refractivity contribution is 6.33. The number of carbonyl (C=O) groups is 2. The zero-order chi connectivity index (χ0) is 22.0. The van der Waals surface area contributed by atoms with Gasteiger partial charge in [-0.1, -0.05) is 12.1 Å². The number of methoxy groups -OCH3 is 1. The lowest BCUT2D eigenvalue weighted by Gasteiger charge is -2.18. The molecule has 0 aromatic heterocycles. The molecule has 31 heavy (non-hydrogen) atoms. The van der Waals surface area contributed by atoms with E-state index in [1.807, 2.05) is 0 Å². The Balaban J connectivity index is 1.75. The summed E-state index contributed by atoms with van der Waals surface area (Å²) in [4.78, 5) is 30.7. The predicted molar refractivity (Wildman–Crippen MR) is 114 cm³/mol. The molecule has 0 bridgehead atoms. The van der Waals surface area contributed by atoms with Gasteiger partial charge in [-0.15, -0.1) is 0 Å². The number of hydrogen-bond donors (Lipinski definition) is 1. The number of nitrogens with zero attached hydrogens (tertiary/aromatic N) is 2. The Hall–Kier alpha value is -4.26. The molecule has 0 radical (unpaired) electrons. The van der Waals surface area contributed by atoms with Gasteiger partial charge < -0.3 is 9.84 Å². The van der Waals surface area contributed by atoms with Crippen LogP contribution in [0.4, 0.5) is 10.1 Å². The van der Waals surface area contributed by atoms with E-state index < -0.39 is 11.8 Å². The minimum Gasteiger partial charge on any atom is -0.508 e. The molecule has 154 valence electrons. The van der Waals surface area contributed by atoms with E-state index in [1.165, 1.54) is 36.3 Å². The van der Waals surface area contributed by atoms with E-state index in [0.717, 1.165) is 0 Å². The summed E-state index contributed by atoms with van der Waals surface area (Å²) in [6.45, 7) is 0. The number of hydrogen-bond acceptors (Lipinski definition) is 5. The van der Waals surface area contributed by atoms with E-state index in [9.17, 15) is 19.1 Å². The molecule has 0 spiro atoms. The molecule has 4 rings (SSSR count). The monoisotopic (exact) mass is 416 g/mol. The molecule has 1 N–H and O–H groups in total. The van der Waals surface area contributed by atoms with E-state index in [0.29, 0.717) is 28.2 Å². The molecule has 0 saturated carbocycles. The highest BCUT2D eigenvalue weighted by atomic mass is 19.1. The number of anilines is 1. The normalized spacial score (nSPS) is 14.6. The standard InChI is InChI=1S/C24H17FN2O4/c1-31-24(30)17-4-2-15(3-5-17)14-21-23(29)27(19-10-12-20(28)13-11-19)22(26-21)16-6-8-18(25)9-7-16/h2-14,28H,1H3/b21-14+. The lowest BCUT2D eigenvalue weighted by Crippen LogP contribution is -2.32. The second kappa shape index (κ2) is 8.23. The number of phenolic OH excluding ortho intramolecular Hbond substituents is 1. The van der Waals surface area contributed by atoms with Crippen molar-refractivity contribution in [2.24, 2.45) is 4.99 Å². The molecule has 0 aliphatic carbocycles. The maximum Gasteiger partial charge on any atom is 0.337 e. The molecule has 3 aromatic rings. The number of amidine groups is 1. The maximum absolute atomic E-state index is 13.4. The summed E-state index contributed by atoms with van der Waals surface area (Å²) in [5.41, 5.74) is 2.31. The maximum atomic E-state index is 13.4. The number of ether oxygens (including phenoxy) is 1. The van der Waals surface area contributed by atoms with Gasteiger partial charge in [0.05, 0.1) is 18.4 Å². The van der Waals surface area contributed by atoms with Crippen LogP contribution in [0.5, 0.6) is 5.75 Å². The lowest BCUT2D eigenvalue weighted by molar-refractivity contribution is -0.113. The molecule has 0 atom stereocenters. The Morgan fingerprint density at radius 2 is 1.65 bits per heavy atom. The predicted octanol–water partition coefficient (Wildman–Crippen LogP) is 4.15. The Morgan fingerprint density at radius 1 is 1.00 bits per heavy atom. The summed E-state index contributed by atoms with van der Waals surface area (Å²) in [5.74, 6) is -0.815. The molecule has 1 aliphatic heterocycles. The first-order valence-electron chi connectivity index (χ1n) is 9.34. The fraction of sp³-hybridized carbons (Fsp3) is 0.0417. The second-order valence-corrected chi connectivity index (χ2v) is 6.74. The van der Waals surface area contributed by atoms with Crippen LogP contribution in [0.25, 0.3) is 6.08 Å². The molecule has 1 amide bonds. The molecular formula is C24H17FN2O4. The van der Waals surface area contributed by atoms with Gasteiger partial charge >= 0.3 is 5.97 Å². The van der Waals surface area contributed by atoms with Crippen LogP contribution in [0.3, 0.4) is 0 Å². The number of rotatable bonds is 4. The molecule has 0 fully saturated rings. The summed E-state index contributed by atoms with van der Waals surface area (Å²) >= 11 is 0. The third kappa shape index (κ3) is 4.06. The Kier molecular flexibility index (Phi) is 5.32. The van der Waals surface area contributed by atoms with Crippen LogP contribution >= 0.6 is 0 Å². The van der Waals surface area contributed by atoms with Gasteiger partial charge in [0.1, 0.15) is 23.1 Å². The van der Waals surface area contributed by atoms with Gasteiger partial charge in [0.15, 0.2) is 0 Å². The van der Waals surface area contributed by atoms with Gasteiger partial charge in [0.25, 0.3) is 5.91 Å². The molecule has 0 saturated heterocycles. The van der Waals surface area contributed by atoms with Crippen molar-refractivity contribution >= 4 is 29.5 Å². The molecule has 1 heterocycles. The van der Waals surface area contributed by atoms with E-state index in [4.69, 9.17) is 0 Å². The largest absolute Gasteiger partial charge is 0.508 e. The Bertz CT molecular complexity index is 1200. The fourth-order valence-electron chi connectivity index (χ4n) is 3.14. The number of aliphatic imine (C=N–C) groups is 1. The smallest absolute Gasteiger partial charge is 0.337 e. The van der Waals surface area contributed by atoms with Crippen molar-refractivity contribution in [2.45, 2.75) is 0 Å². The molecular weight excluding hydrogens is 399 g/mol. The van der Waals surface area contributed by atoms with Crippen molar-refractivity contribution < 1.29 is 23.8 Å². The van der Waals surface area contributed by atoms with Crippen LogP contribution in [0.2, 0.25) is 0 Å². The summed E-state index contributed by atoms with van der Waals surface area (Å²) in [5, 5.41) is 9.59. The van der Waals surface area contributed by atoms with Crippen molar-refractivity contribution in [1.82, 2.24) is 0 Å². The quantitative estimate of drug-likeness (QED) is 0.512. The van der Waals surface area contributed by atoms with Crippen LogP contribution in [-0.2, 0) is 9.53 Å². The topological polar surface area (TPSA) is 79.2 Å². The number of phenols is 1. The van der Waals surface area contributed by atoms with E-state index in [-0.39, 0.29) is 17.4 Å². The summed E-state index contributed by atoms with van der Waals surface area (Å²) in [7, 11) is 1.30. The van der Waals surface area contributed by atoms with E-state index >= 15 is 0 Å². The average molecular weight is 416 g/mol. The van der Waals surface area contributed by atoms with Crippen LogP contribution in [0.1, 0.15) is 21.5 Å². The zero-order valence-electron chi connectivity index (χ0n) is 16.4. The highest BCUT2D eigenvalue weighted by Gasteiger charge is 2.32. The van der Waals surface area contributed by atoms with Crippen molar-refractivity contribution in [3.63, 3.8) is 0 Å². The molecule has 6 nitrogen and oxygen atoms in total. The summed E-state index contributed by atoms with van der Waals surface area (Å²) < 4.78 is 18.1. The van der Waals surface area contributed by atoms with Gasteiger partial charge in [0.2, 0.25) is 0 Å². The number of benzene rings is 3. The van der Waals surface area contributed by atoms with E-state index in [2.05, 4.69) is 9.73 Å². The van der Waals surface area contributed by atoms with Crippen LogP contribution < -0.4 is 4.90 Å². The van der Waals surface area contributed by atoms with Crippen molar-refractivity contribution in [1.29, 1.82) is 0 Å². The van der Waals surface area contributed by atoms with Crippen molar-refractivity contribution in [3.8, 4) is 5.75 Å². The van der Waals surface area contributed by atoms with Gasteiger partial charge in [0, 0.05) is 5.56 Å². The number of aromatic hydroxyl groups is 1. The minimum absolute atomic E-state index is 0.0668. The first-order valence-corrected chi connectivity index (χ1v) is 9.34. The second-order valence-electron chi connectivity index (χ2n) is 6.74. The first kappa shape index (κ1) is 20.0. The Labute approximate surface area is 177 Å². The van der Waals surface area contributed by atoms with Crippen LogP contribution in [-0.4, -0.2) is 29.9 Å².